The number of nitrogens with zero attached hydrogens (tertiary/aromatic N) is 2. The normalized spacial score (nSPS) is 19.0. The fourth-order valence-electron chi connectivity index (χ4n) is 2.90. The predicted octanol–water partition coefficient (Wildman–Crippen LogP) is 2.33. The Balaban J connectivity index is 1.88. The number of nitro benzene ring substituents is 1. The molecule has 1 aromatic rings. The van der Waals surface area contributed by atoms with E-state index in [0.29, 0.717) is 0 Å². The molecular weight excluding hydrogens is 342 g/mol. The van der Waals surface area contributed by atoms with Crippen molar-refractivity contribution in [2.75, 3.05) is 23.3 Å². The molecule has 0 saturated carbocycles. The molecule has 26 heavy (non-hydrogen) atoms. The molecule has 0 radical (unpaired) electrons. The molecule has 1 N–H and O–H groups in total. The molecular formula is C17H19N3O6. The number of anilines is 2. The Morgan fingerprint density at radius 3 is 2.38 bits per heavy atom. The van der Waals surface area contributed by atoms with Gasteiger partial charge >= 0.3 is 11.9 Å². The van der Waals surface area contributed by atoms with Gasteiger partial charge in [-0.2, -0.15) is 0 Å². The van der Waals surface area contributed by atoms with Crippen molar-refractivity contribution in [3.05, 3.63) is 40.1 Å². The number of esters is 2. The largest absolute Gasteiger partial charge is 0.419 e. The smallest absolute Gasteiger partial charge is 0.350 e. The molecule has 0 spiro atoms. The lowest BCUT2D eigenvalue weighted by Crippen LogP contribution is -2.42. The summed E-state index contributed by atoms with van der Waals surface area (Å²) in [6.07, 6.45) is 3.21. The topological polar surface area (TPSA) is 111 Å². The monoisotopic (exact) mass is 361 g/mol. The van der Waals surface area contributed by atoms with Crippen molar-refractivity contribution in [3.63, 3.8) is 0 Å². The van der Waals surface area contributed by atoms with Crippen LogP contribution < -0.4 is 10.2 Å². The summed E-state index contributed by atoms with van der Waals surface area (Å²) < 4.78 is 9.99. The Morgan fingerprint density at radius 2 is 1.81 bits per heavy atom. The van der Waals surface area contributed by atoms with Gasteiger partial charge in [0.15, 0.2) is 5.57 Å². The third-order valence-electron chi connectivity index (χ3n) is 4.14. The summed E-state index contributed by atoms with van der Waals surface area (Å²) in [5, 5.41) is 14.0. The van der Waals surface area contributed by atoms with Gasteiger partial charge in [0.1, 0.15) is 5.69 Å². The lowest BCUT2D eigenvalue weighted by Gasteiger charge is -2.29. The third kappa shape index (κ3) is 3.61. The van der Waals surface area contributed by atoms with Crippen molar-refractivity contribution in [2.24, 2.45) is 0 Å². The maximum atomic E-state index is 12.0. The number of hydrogen-bond acceptors (Lipinski definition) is 8. The van der Waals surface area contributed by atoms with Crippen molar-refractivity contribution in [1.29, 1.82) is 0 Å². The van der Waals surface area contributed by atoms with Crippen LogP contribution in [0.1, 0.15) is 26.7 Å². The second-order valence-electron chi connectivity index (χ2n) is 6.53. The minimum Gasteiger partial charge on any atom is -0.419 e. The van der Waals surface area contributed by atoms with E-state index >= 15 is 0 Å². The summed E-state index contributed by atoms with van der Waals surface area (Å²) in [6, 6.07) is 4.71. The van der Waals surface area contributed by atoms with E-state index in [4.69, 9.17) is 9.47 Å². The van der Waals surface area contributed by atoms with Gasteiger partial charge in [-0.15, -0.1) is 0 Å². The van der Waals surface area contributed by atoms with E-state index in [0.717, 1.165) is 37.8 Å². The first-order chi connectivity index (χ1) is 12.3. The fraction of sp³-hybridized carbons (Fsp3) is 0.412. The second-order valence-corrected chi connectivity index (χ2v) is 6.53. The molecule has 9 nitrogen and oxygen atoms in total. The number of benzene rings is 1. The summed E-state index contributed by atoms with van der Waals surface area (Å²) in [4.78, 5) is 36.8. The van der Waals surface area contributed by atoms with Gasteiger partial charge in [0, 0.05) is 44.9 Å². The number of carbonyl (C=O) groups excluding carboxylic acids is 2. The molecule has 2 heterocycles. The van der Waals surface area contributed by atoms with Crippen molar-refractivity contribution >= 4 is 29.0 Å². The van der Waals surface area contributed by atoms with Gasteiger partial charge in [0.2, 0.25) is 0 Å². The highest BCUT2D eigenvalue weighted by atomic mass is 16.7. The number of ether oxygens (including phenoxy) is 2. The van der Waals surface area contributed by atoms with Crippen LogP contribution in [0.4, 0.5) is 17.1 Å². The average Bonchev–Trinajstić information content (AvgIpc) is 3.07. The first-order valence-electron chi connectivity index (χ1n) is 8.23. The van der Waals surface area contributed by atoms with Crippen molar-refractivity contribution in [3.8, 4) is 0 Å². The van der Waals surface area contributed by atoms with Crippen LogP contribution in [0.3, 0.4) is 0 Å². The summed E-state index contributed by atoms with van der Waals surface area (Å²) in [6.45, 7) is 4.65. The van der Waals surface area contributed by atoms with Crippen LogP contribution in [0, 0.1) is 10.1 Å². The van der Waals surface area contributed by atoms with Crippen LogP contribution >= 0.6 is 0 Å². The summed E-state index contributed by atoms with van der Waals surface area (Å²) in [7, 11) is 0. The molecule has 0 bridgehead atoms. The third-order valence-corrected chi connectivity index (χ3v) is 4.14. The second kappa shape index (κ2) is 6.66. The van der Waals surface area contributed by atoms with Crippen molar-refractivity contribution < 1.29 is 24.0 Å². The molecule has 0 aromatic heterocycles. The molecule has 0 atom stereocenters. The van der Waals surface area contributed by atoms with Gasteiger partial charge in [-0.05, 0) is 25.0 Å². The molecule has 2 fully saturated rings. The lowest BCUT2D eigenvalue weighted by molar-refractivity contribution is -0.383. The van der Waals surface area contributed by atoms with Crippen LogP contribution in [0.25, 0.3) is 0 Å². The van der Waals surface area contributed by atoms with Gasteiger partial charge in [-0.25, -0.2) is 9.59 Å². The maximum Gasteiger partial charge on any atom is 0.350 e. The number of nitrogens with one attached hydrogen (secondary N) is 1. The Kier molecular flexibility index (Phi) is 4.54. The van der Waals surface area contributed by atoms with Gasteiger partial charge in [0.05, 0.1) is 4.92 Å². The van der Waals surface area contributed by atoms with Crippen molar-refractivity contribution in [1.82, 2.24) is 0 Å². The number of rotatable bonds is 4. The Morgan fingerprint density at radius 1 is 1.19 bits per heavy atom. The highest BCUT2D eigenvalue weighted by Crippen LogP contribution is 2.31. The molecule has 2 aliphatic heterocycles. The van der Waals surface area contributed by atoms with Crippen LogP contribution in [0.15, 0.2) is 30.0 Å². The molecule has 1 aromatic carbocycles. The zero-order chi connectivity index (χ0) is 18.9. The molecule has 138 valence electrons. The van der Waals surface area contributed by atoms with Gasteiger partial charge in [-0.3, -0.25) is 10.1 Å². The van der Waals surface area contributed by atoms with E-state index in [2.05, 4.69) is 10.2 Å². The Bertz CT molecular complexity index is 774. The van der Waals surface area contributed by atoms with Crippen LogP contribution in [0.5, 0.6) is 0 Å². The zero-order valence-corrected chi connectivity index (χ0v) is 14.5. The molecule has 3 rings (SSSR count). The van der Waals surface area contributed by atoms with Gasteiger partial charge < -0.3 is 19.7 Å². The number of carbonyl (C=O) groups is 2. The van der Waals surface area contributed by atoms with E-state index in [9.17, 15) is 19.7 Å². The highest BCUT2D eigenvalue weighted by molar-refractivity contribution is 6.15. The summed E-state index contributed by atoms with van der Waals surface area (Å²) >= 11 is 0. The molecule has 2 saturated heterocycles. The zero-order valence-electron chi connectivity index (χ0n) is 14.5. The van der Waals surface area contributed by atoms with Crippen LogP contribution in [-0.4, -0.2) is 35.7 Å². The standard InChI is InChI=1S/C17H19N3O6/c1-17(2)25-15(21)12(16(22)26-17)10-18-13-9-11(19-7-3-4-8-19)5-6-14(13)20(23)24/h5-6,9-10,18H,3-4,7-8H2,1-2H3. The Labute approximate surface area is 149 Å². The van der Waals surface area contributed by atoms with E-state index in [1.165, 1.54) is 19.9 Å². The van der Waals surface area contributed by atoms with Crippen LogP contribution in [-0.2, 0) is 19.1 Å². The van der Waals surface area contributed by atoms with E-state index in [1.54, 1.807) is 12.1 Å². The van der Waals surface area contributed by atoms with Gasteiger partial charge in [-0.1, -0.05) is 0 Å². The number of cyclic esters (lactones) is 2. The molecule has 9 heteroatoms. The lowest BCUT2D eigenvalue weighted by atomic mass is 10.2. The minimum absolute atomic E-state index is 0.164. The van der Waals surface area contributed by atoms with E-state index < -0.39 is 22.6 Å². The fourth-order valence-corrected chi connectivity index (χ4v) is 2.90. The van der Waals surface area contributed by atoms with E-state index in [1.807, 2.05) is 0 Å². The summed E-state index contributed by atoms with van der Waals surface area (Å²) in [5.41, 5.74) is 0.495. The van der Waals surface area contributed by atoms with Gasteiger partial charge in [0.25, 0.3) is 11.5 Å². The molecule has 0 unspecified atom stereocenters. The summed E-state index contributed by atoms with van der Waals surface area (Å²) in [5.74, 6) is -3.04. The maximum absolute atomic E-state index is 12.0. The quantitative estimate of drug-likeness (QED) is 0.286. The minimum atomic E-state index is -1.34. The first kappa shape index (κ1) is 17.7. The molecule has 0 amide bonds. The van der Waals surface area contributed by atoms with E-state index in [-0.39, 0.29) is 16.9 Å². The Hall–Kier alpha value is -3.10. The highest BCUT2D eigenvalue weighted by Gasteiger charge is 2.39. The number of hydrogen-bond donors (Lipinski definition) is 1. The van der Waals surface area contributed by atoms with Crippen molar-refractivity contribution in [2.45, 2.75) is 32.5 Å². The average molecular weight is 361 g/mol. The molecule has 2 aliphatic rings. The molecule has 0 aliphatic carbocycles. The van der Waals surface area contributed by atoms with Crippen LogP contribution in [0.2, 0.25) is 0 Å². The first-order valence-corrected chi connectivity index (χ1v) is 8.23. The predicted molar refractivity (Wildman–Crippen MR) is 92.5 cm³/mol. The number of nitro groups is 1. The SMILES string of the molecule is CC1(C)OC(=O)C(=CNc2cc(N3CCCC3)ccc2[N+](=O)[O-])C(=O)O1.